The van der Waals surface area contributed by atoms with E-state index in [9.17, 15) is 22.0 Å². The fourth-order valence-corrected chi connectivity index (χ4v) is 6.11. The Balaban J connectivity index is 1.70. The van der Waals surface area contributed by atoms with Crippen LogP contribution in [0.3, 0.4) is 0 Å². The Hall–Kier alpha value is -1.36. The van der Waals surface area contributed by atoms with E-state index in [0.29, 0.717) is 9.85 Å². The van der Waals surface area contributed by atoms with Gasteiger partial charge in [-0.3, -0.25) is 4.79 Å². The van der Waals surface area contributed by atoms with Crippen LogP contribution in [0.2, 0.25) is 0 Å². The first-order valence-electron chi connectivity index (χ1n) is 7.29. The summed E-state index contributed by atoms with van der Waals surface area (Å²) in [6, 6.07) is 5.96. The first-order chi connectivity index (χ1) is 11.8. The molecule has 0 bridgehead atoms. The highest BCUT2D eigenvalue weighted by molar-refractivity contribution is 9.11. The van der Waals surface area contributed by atoms with Gasteiger partial charge in [0.1, 0.15) is 15.8 Å². The third kappa shape index (κ3) is 3.76. The van der Waals surface area contributed by atoms with Crippen molar-refractivity contribution >= 4 is 43.2 Å². The molecule has 1 aromatic heterocycles. The van der Waals surface area contributed by atoms with Crippen molar-refractivity contribution in [1.82, 2.24) is 9.21 Å². The van der Waals surface area contributed by atoms with Gasteiger partial charge in [0.15, 0.2) is 0 Å². The molecule has 0 atom stereocenters. The van der Waals surface area contributed by atoms with Crippen molar-refractivity contribution in [2.45, 2.75) is 4.21 Å². The number of nitrogens with zero attached hydrogens (tertiary/aromatic N) is 2. The molecule has 2 heterocycles. The highest BCUT2D eigenvalue weighted by Gasteiger charge is 2.32. The number of hydrogen-bond acceptors (Lipinski definition) is 4. The number of sulfonamides is 1. The summed E-state index contributed by atoms with van der Waals surface area (Å²) in [7, 11) is -3.61. The number of carbonyl (C=O) groups excluding carboxylic acids is 1. The number of amides is 1. The summed E-state index contributed by atoms with van der Waals surface area (Å²) < 4.78 is 54.0. The molecule has 1 amide bonds. The van der Waals surface area contributed by atoms with Crippen LogP contribution in [0.4, 0.5) is 8.78 Å². The van der Waals surface area contributed by atoms with Crippen LogP contribution in [0, 0.1) is 11.6 Å². The second kappa shape index (κ2) is 7.10. The molecule has 0 N–H and O–H groups in total. The minimum absolute atomic E-state index is 0.117. The summed E-state index contributed by atoms with van der Waals surface area (Å²) in [6.45, 7) is 0.516. The first-order valence-corrected chi connectivity index (χ1v) is 10.3. The van der Waals surface area contributed by atoms with Gasteiger partial charge in [0, 0.05) is 32.2 Å². The molecule has 1 fully saturated rings. The highest BCUT2D eigenvalue weighted by atomic mass is 79.9. The van der Waals surface area contributed by atoms with E-state index in [1.165, 1.54) is 15.3 Å². The third-order valence-corrected chi connectivity index (χ3v) is 7.82. The van der Waals surface area contributed by atoms with E-state index in [0.717, 1.165) is 23.5 Å². The molecule has 0 aliphatic carbocycles. The Labute approximate surface area is 156 Å². The minimum atomic E-state index is -3.61. The zero-order valence-corrected chi connectivity index (χ0v) is 16.0. The lowest BCUT2D eigenvalue weighted by molar-refractivity contribution is 0.0693. The predicted octanol–water partition coefficient (Wildman–Crippen LogP) is 2.94. The van der Waals surface area contributed by atoms with E-state index < -0.39 is 27.6 Å². The van der Waals surface area contributed by atoms with Gasteiger partial charge in [-0.05, 0) is 40.2 Å². The smallest absolute Gasteiger partial charge is 0.256 e. The van der Waals surface area contributed by atoms with E-state index in [1.807, 2.05) is 0 Å². The zero-order valence-electron chi connectivity index (χ0n) is 12.8. The molecule has 1 saturated heterocycles. The lowest BCUT2D eigenvalue weighted by Crippen LogP contribution is -2.50. The molecule has 1 aliphatic rings. The molecule has 3 rings (SSSR count). The molecule has 0 spiro atoms. The zero-order chi connectivity index (χ0) is 18.2. The number of thiophene rings is 1. The van der Waals surface area contributed by atoms with Crippen LogP contribution in [0.25, 0.3) is 0 Å². The summed E-state index contributed by atoms with van der Waals surface area (Å²) in [5.74, 6) is -2.26. The lowest BCUT2D eigenvalue weighted by atomic mass is 10.1. The van der Waals surface area contributed by atoms with Gasteiger partial charge in [-0.25, -0.2) is 17.2 Å². The molecule has 2 aromatic rings. The van der Waals surface area contributed by atoms with E-state index in [4.69, 9.17) is 0 Å². The number of benzene rings is 1. The van der Waals surface area contributed by atoms with Gasteiger partial charge in [0.2, 0.25) is 0 Å². The Bertz CT molecular complexity index is 909. The van der Waals surface area contributed by atoms with Gasteiger partial charge in [-0.2, -0.15) is 4.31 Å². The van der Waals surface area contributed by atoms with Gasteiger partial charge in [0.05, 0.1) is 9.35 Å². The van der Waals surface area contributed by atoms with Crippen molar-refractivity contribution in [3.05, 3.63) is 51.3 Å². The highest BCUT2D eigenvalue weighted by Crippen LogP contribution is 2.29. The summed E-state index contributed by atoms with van der Waals surface area (Å²) in [5, 5.41) is 0. The molecule has 0 radical (unpaired) electrons. The fraction of sp³-hybridized carbons (Fsp3) is 0.267. The predicted molar refractivity (Wildman–Crippen MR) is 93.0 cm³/mol. The maximum atomic E-state index is 13.7. The van der Waals surface area contributed by atoms with Crippen LogP contribution in [0.15, 0.2) is 38.3 Å². The van der Waals surface area contributed by atoms with E-state index >= 15 is 0 Å². The molecule has 0 unspecified atom stereocenters. The van der Waals surface area contributed by atoms with Crippen molar-refractivity contribution in [1.29, 1.82) is 0 Å². The van der Waals surface area contributed by atoms with Crippen molar-refractivity contribution in [2.75, 3.05) is 26.2 Å². The van der Waals surface area contributed by atoms with Crippen LogP contribution >= 0.6 is 27.3 Å². The SMILES string of the molecule is O=C(c1ccc(F)cc1F)N1CCN(S(=O)(=O)c2ccc(Br)s2)CC1. The average molecular weight is 451 g/mol. The summed E-state index contributed by atoms with van der Waals surface area (Å²) in [4.78, 5) is 13.7. The number of halogens is 3. The van der Waals surface area contributed by atoms with Crippen LogP contribution in [-0.2, 0) is 10.0 Å². The summed E-state index contributed by atoms with van der Waals surface area (Å²) >= 11 is 4.35. The monoisotopic (exact) mass is 450 g/mol. The molecule has 10 heteroatoms. The fourth-order valence-electron chi connectivity index (χ4n) is 2.53. The Kier molecular flexibility index (Phi) is 5.24. The topological polar surface area (TPSA) is 57.7 Å². The van der Waals surface area contributed by atoms with Gasteiger partial charge in [-0.1, -0.05) is 0 Å². The number of piperazine rings is 1. The molecule has 25 heavy (non-hydrogen) atoms. The summed E-state index contributed by atoms with van der Waals surface area (Å²) in [5.41, 5.74) is -0.222. The Morgan fingerprint density at radius 2 is 1.76 bits per heavy atom. The largest absolute Gasteiger partial charge is 0.336 e. The number of carbonyl (C=O) groups is 1. The Morgan fingerprint density at radius 3 is 2.32 bits per heavy atom. The molecule has 1 aromatic carbocycles. The lowest BCUT2D eigenvalue weighted by Gasteiger charge is -2.33. The average Bonchev–Trinajstić information content (AvgIpc) is 3.02. The van der Waals surface area contributed by atoms with Crippen LogP contribution in [-0.4, -0.2) is 49.7 Å². The van der Waals surface area contributed by atoms with Crippen LogP contribution < -0.4 is 0 Å². The molecular weight excluding hydrogens is 438 g/mol. The minimum Gasteiger partial charge on any atom is -0.336 e. The van der Waals surface area contributed by atoms with Crippen LogP contribution in [0.5, 0.6) is 0 Å². The number of rotatable bonds is 3. The van der Waals surface area contributed by atoms with Gasteiger partial charge in [0.25, 0.3) is 15.9 Å². The standard InChI is InChI=1S/C15H13BrF2N2O3S2/c16-13-3-4-14(24-13)25(22,23)20-7-5-19(6-8-20)15(21)11-2-1-10(17)9-12(11)18/h1-4,9H,5-8H2. The first kappa shape index (κ1) is 18.4. The maximum absolute atomic E-state index is 13.7. The van der Waals surface area contributed by atoms with E-state index in [2.05, 4.69) is 15.9 Å². The second-order valence-corrected chi connectivity index (χ2v) is 10.0. The number of hydrogen-bond donors (Lipinski definition) is 0. The van der Waals surface area contributed by atoms with Gasteiger partial charge in [-0.15, -0.1) is 11.3 Å². The van der Waals surface area contributed by atoms with Crippen molar-refractivity contribution < 1.29 is 22.0 Å². The molecular formula is C15H13BrF2N2O3S2. The summed E-state index contributed by atoms with van der Waals surface area (Å²) in [6.07, 6.45) is 0. The van der Waals surface area contributed by atoms with E-state index in [1.54, 1.807) is 6.07 Å². The van der Waals surface area contributed by atoms with Crippen molar-refractivity contribution in [3.63, 3.8) is 0 Å². The van der Waals surface area contributed by atoms with Gasteiger partial charge < -0.3 is 4.90 Å². The van der Waals surface area contributed by atoms with Gasteiger partial charge >= 0.3 is 0 Å². The molecule has 0 saturated carbocycles. The third-order valence-electron chi connectivity index (χ3n) is 3.83. The quantitative estimate of drug-likeness (QED) is 0.722. The van der Waals surface area contributed by atoms with Crippen LogP contribution in [0.1, 0.15) is 10.4 Å². The van der Waals surface area contributed by atoms with Crippen molar-refractivity contribution in [2.24, 2.45) is 0 Å². The van der Waals surface area contributed by atoms with Crippen molar-refractivity contribution in [3.8, 4) is 0 Å². The van der Waals surface area contributed by atoms with E-state index in [-0.39, 0.29) is 36.0 Å². The molecule has 1 aliphatic heterocycles. The maximum Gasteiger partial charge on any atom is 0.256 e. The Morgan fingerprint density at radius 1 is 1.08 bits per heavy atom. The second-order valence-electron chi connectivity index (χ2n) is 5.38. The molecule has 5 nitrogen and oxygen atoms in total. The molecule has 134 valence electrons. The normalized spacial score (nSPS) is 16.2.